The summed E-state index contributed by atoms with van der Waals surface area (Å²) in [6.45, 7) is 6.52. The van der Waals surface area contributed by atoms with Crippen LogP contribution in [0.5, 0.6) is 0 Å². The van der Waals surface area contributed by atoms with Crippen molar-refractivity contribution in [3.63, 3.8) is 0 Å². The van der Waals surface area contributed by atoms with Gasteiger partial charge in [-0.25, -0.2) is 13.1 Å². The molecule has 1 fully saturated rings. The lowest BCUT2D eigenvalue weighted by Gasteiger charge is -2.37. The number of hydrogen-bond donors (Lipinski definition) is 2. The number of amides is 1. The van der Waals surface area contributed by atoms with E-state index in [0.717, 1.165) is 31.6 Å². The quantitative estimate of drug-likeness (QED) is 0.328. The van der Waals surface area contributed by atoms with Crippen LogP contribution in [0.15, 0.2) is 95.9 Å². The summed E-state index contributed by atoms with van der Waals surface area (Å²) in [5.74, 6) is -0.0563. The Morgan fingerprint density at radius 2 is 1.58 bits per heavy atom. The fraction of sp³-hybridized carbons (Fsp3) is 0.258. The van der Waals surface area contributed by atoms with Crippen LogP contribution in [-0.4, -0.2) is 38.4 Å². The maximum atomic E-state index is 13.6. The minimum atomic E-state index is -3.78. The van der Waals surface area contributed by atoms with Gasteiger partial charge < -0.3 is 5.32 Å². The number of sulfonamides is 1. The molecule has 7 heteroatoms. The van der Waals surface area contributed by atoms with Crippen molar-refractivity contribution in [2.24, 2.45) is 5.92 Å². The number of nitrogens with zero attached hydrogens (tertiary/aromatic N) is 1. The van der Waals surface area contributed by atoms with Crippen molar-refractivity contribution in [2.45, 2.75) is 37.8 Å². The normalized spacial score (nSPS) is 18.4. The monoisotopic (exact) mass is 527 g/mol. The predicted octanol–water partition coefficient (Wildman–Crippen LogP) is 5.59. The van der Waals surface area contributed by atoms with E-state index in [4.69, 9.17) is 0 Å². The molecule has 2 atom stereocenters. The van der Waals surface area contributed by atoms with Gasteiger partial charge in [0.05, 0.1) is 4.90 Å². The van der Waals surface area contributed by atoms with Crippen molar-refractivity contribution < 1.29 is 13.2 Å². The van der Waals surface area contributed by atoms with Crippen LogP contribution in [0.25, 0.3) is 10.8 Å². The molecule has 0 aromatic heterocycles. The highest BCUT2D eigenvalue weighted by molar-refractivity contribution is 7.89. The molecule has 1 heterocycles. The third kappa shape index (κ3) is 5.65. The zero-order valence-corrected chi connectivity index (χ0v) is 22.5. The third-order valence-electron chi connectivity index (χ3n) is 7.36. The van der Waals surface area contributed by atoms with Crippen LogP contribution in [0.2, 0.25) is 0 Å². The fourth-order valence-electron chi connectivity index (χ4n) is 5.29. The summed E-state index contributed by atoms with van der Waals surface area (Å²) in [6, 6.07) is 28.2. The van der Waals surface area contributed by atoms with Gasteiger partial charge in [-0.1, -0.05) is 79.7 Å². The largest absolute Gasteiger partial charge is 0.321 e. The molecule has 5 rings (SSSR count). The Labute approximate surface area is 224 Å². The summed E-state index contributed by atoms with van der Waals surface area (Å²) >= 11 is 0. The van der Waals surface area contributed by atoms with Crippen molar-refractivity contribution in [2.75, 3.05) is 18.4 Å². The first-order valence-electron chi connectivity index (χ1n) is 13.0. The molecule has 4 aromatic carbocycles. The van der Waals surface area contributed by atoms with Crippen LogP contribution in [0.3, 0.4) is 0 Å². The second-order valence-electron chi connectivity index (χ2n) is 10.1. The molecule has 1 aliphatic heterocycles. The summed E-state index contributed by atoms with van der Waals surface area (Å²) in [6.07, 6.45) is 0.746. The molecule has 1 aliphatic rings. The molecule has 196 valence electrons. The molecule has 0 spiro atoms. The highest BCUT2D eigenvalue weighted by atomic mass is 32.2. The molecule has 0 saturated carbocycles. The first-order valence-corrected chi connectivity index (χ1v) is 14.5. The number of nitrogens with one attached hydrogen (secondary N) is 2. The number of piperidine rings is 1. The number of likely N-dealkylation sites (tertiary alicyclic amines) is 1. The highest BCUT2D eigenvalue weighted by Crippen LogP contribution is 2.31. The van der Waals surface area contributed by atoms with E-state index in [1.165, 1.54) is 5.56 Å². The molecule has 1 amide bonds. The zero-order chi connectivity index (χ0) is 26.7. The first-order chi connectivity index (χ1) is 18.3. The molecule has 0 unspecified atom stereocenters. The van der Waals surface area contributed by atoms with Crippen molar-refractivity contribution in [3.8, 4) is 0 Å². The summed E-state index contributed by atoms with van der Waals surface area (Å²) in [5.41, 5.74) is 3.30. The Bertz CT molecular complexity index is 1550. The molecule has 0 bridgehead atoms. The SMILES string of the molecule is Cc1ccccc1C(=O)Nc1ccc(S(=O)(=O)N[C@H]2CCN(Cc3ccccc3)C[C@H]2C)c2ccccc12. The highest BCUT2D eigenvalue weighted by Gasteiger charge is 2.31. The second kappa shape index (κ2) is 11.1. The number of carbonyl (C=O) groups excluding carboxylic acids is 1. The smallest absolute Gasteiger partial charge is 0.255 e. The van der Waals surface area contributed by atoms with Crippen LogP contribution in [-0.2, 0) is 16.6 Å². The van der Waals surface area contributed by atoms with Crippen molar-refractivity contribution in [1.29, 1.82) is 0 Å². The maximum Gasteiger partial charge on any atom is 0.255 e. The molecule has 4 aromatic rings. The van der Waals surface area contributed by atoms with Crippen molar-refractivity contribution in [1.82, 2.24) is 9.62 Å². The second-order valence-corrected chi connectivity index (χ2v) is 11.8. The van der Waals surface area contributed by atoms with Gasteiger partial charge in [-0.2, -0.15) is 0 Å². The van der Waals surface area contributed by atoms with Gasteiger partial charge >= 0.3 is 0 Å². The van der Waals surface area contributed by atoms with Crippen LogP contribution >= 0.6 is 0 Å². The Morgan fingerprint density at radius 1 is 0.895 bits per heavy atom. The average molecular weight is 528 g/mol. The van der Waals surface area contributed by atoms with E-state index in [9.17, 15) is 13.2 Å². The first kappa shape index (κ1) is 26.1. The standard InChI is InChI=1S/C31H33N3O3S/c1-22-10-6-7-13-25(22)31(35)32-29-16-17-30(27-15-9-8-14-26(27)29)38(36,37)33-28-18-19-34(20-23(28)2)21-24-11-4-3-5-12-24/h3-17,23,28,33H,18-21H2,1-2H3,(H,32,35)/t23-,28+/m1/s1. The van der Waals surface area contributed by atoms with E-state index >= 15 is 0 Å². The molecule has 0 radical (unpaired) electrons. The van der Waals surface area contributed by atoms with Gasteiger partial charge in [0.1, 0.15) is 0 Å². The lowest BCUT2D eigenvalue weighted by molar-refractivity contribution is 0.102. The number of fused-ring (bicyclic) bond motifs is 1. The molecule has 2 N–H and O–H groups in total. The van der Waals surface area contributed by atoms with Gasteiger partial charge in [0, 0.05) is 47.7 Å². The number of benzene rings is 4. The van der Waals surface area contributed by atoms with Gasteiger partial charge in [0.2, 0.25) is 10.0 Å². The Kier molecular flexibility index (Phi) is 7.61. The number of rotatable bonds is 7. The summed E-state index contributed by atoms with van der Waals surface area (Å²) < 4.78 is 30.2. The molecular weight excluding hydrogens is 494 g/mol. The molecule has 0 aliphatic carbocycles. The van der Waals surface area contributed by atoms with Gasteiger partial charge in [-0.3, -0.25) is 9.69 Å². The number of aryl methyl sites for hydroxylation is 1. The lowest BCUT2D eigenvalue weighted by atomic mass is 9.94. The summed E-state index contributed by atoms with van der Waals surface area (Å²) in [5, 5.41) is 4.24. The Balaban J connectivity index is 1.34. The Hall–Kier alpha value is -3.52. The average Bonchev–Trinajstić information content (AvgIpc) is 2.91. The molecular formula is C31H33N3O3S. The van der Waals surface area contributed by atoms with E-state index in [1.807, 2.05) is 61.5 Å². The van der Waals surface area contributed by atoms with E-state index in [0.29, 0.717) is 22.0 Å². The van der Waals surface area contributed by atoms with E-state index in [2.05, 4.69) is 34.0 Å². The maximum absolute atomic E-state index is 13.6. The molecule has 38 heavy (non-hydrogen) atoms. The van der Waals surface area contributed by atoms with E-state index in [-0.39, 0.29) is 22.8 Å². The van der Waals surface area contributed by atoms with Crippen molar-refractivity contribution >= 4 is 32.4 Å². The third-order valence-corrected chi connectivity index (χ3v) is 8.90. The summed E-state index contributed by atoms with van der Waals surface area (Å²) in [7, 11) is -3.78. The zero-order valence-electron chi connectivity index (χ0n) is 21.7. The number of hydrogen-bond acceptors (Lipinski definition) is 4. The minimum Gasteiger partial charge on any atom is -0.321 e. The van der Waals surface area contributed by atoms with Crippen LogP contribution in [0.4, 0.5) is 5.69 Å². The minimum absolute atomic E-state index is 0.147. The van der Waals surface area contributed by atoms with Crippen LogP contribution < -0.4 is 10.0 Å². The predicted molar refractivity (Wildman–Crippen MR) is 153 cm³/mol. The number of carbonyl (C=O) groups is 1. The van der Waals surface area contributed by atoms with Gasteiger partial charge in [-0.15, -0.1) is 0 Å². The van der Waals surface area contributed by atoms with E-state index < -0.39 is 10.0 Å². The lowest BCUT2D eigenvalue weighted by Crippen LogP contribution is -2.49. The summed E-state index contributed by atoms with van der Waals surface area (Å²) in [4.78, 5) is 15.6. The fourth-order valence-corrected chi connectivity index (χ4v) is 6.88. The number of anilines is 1. The van der Waals surface area contributed by atoms with Crippen LogP contribution in [0, 0.1) is 12.8 Å². The molecule has 6 nitrogen and oxygen atoms in total. The van der Waals surface area contributed by atoms with Gasteiger partial charge in [-0.05, 0) is 48.6 Å². The van der Waals surface area contributed by atoms with Gasteiger partial charge in [0.25, 0.3) is 5.91 Å². The van der Waals surface area contributed by atoms with Crippen molar-refractivity contribution in [3.05, 3.63) is 108 Å². The Morgan fingerprint density at radius 3 is 2.32 bits per heavy atom. The van der Waals surface area contributed by atoms with Gasteiger partial charge in [0.15, 0.2) is 0 Å². The van der Waals surface area contributed by atoms with Crippen LogP contribution in [0.1, 0.15) is 34.8 Å². The van der Waals surface area contributed by atoms with E-state index in [1.54, 1.807) is 24.3 Å². The topological polar surface area (TPSA) is 78.5 Å². The molecule has 1 saturated heterocycles.